The molecule has 0 spiro atoms. The highest BCUT2D eigenvalue weighted by Crippen LogP contribution is 2.46. The Hall–Kier alpha value is 1.03. The van der Waals surface area contributed by atoms with E-state index in [2.05, 4.69) is 0 Å². The van der Waals surface area contributed by atoms with Crippen LogP contribution in [0.2, 0.25) is 0 Å². The van der Waals surface area contributed by atoms with Crippen molar-refractivity contribution in [3.63, 3.8) is 0 Å². The maximum absolute atomic E-state index is 10.9. The summed E-state index contributed by atoms with van der Waals surface area (Å²) in [4.78, 5) is 21.9. The fraction of sp³-hybridized carbons (Fsp3) is 0.750. The number of hydrogen-bond acceptors (Lipinski definition) is 5. The number of carbonyl (C=O) groups excluding carboxylic acids is 2. The molecule has 0 radical (unpaired) electrons. The minimum absolute atomic E-state index is 0.583. The number of hydrogen-bond donors (Lipinski definition) is 0. The Kier molecular flexibility index (Phi) is 8.30. The molecule has 0 aliphatic rings. The molecule has 112 valence electrons. The lowest BCUT2D eigenvalue weighted by atomic mass is 10.7. The van der Waals surface area contributed by atoms with Gasteiger partial charge in [-0.05, 0) is 0 Å². The molecule has 0 rings (SSSR count). The van der Waals surface area contributed by atoms with Crippen molar-refractivity contribution >= 4 is 93.3 Å². The minimum Gasteiger partial charge on any atom is -0.447 e. The molecule has 2 atom stereocenters. The van der Waals surface area contributed by atoms with Crippen molar-refractivity contribution in [2.24, 2.45) is 0 Å². The first-order valence-corrected chi connectivity index (χ1v) is 7.68. The average Bonchev–Trinajstić information content (AvgIpc) is 2.10. The fourth-order valence-electron chi connectivity index (χ4n) is 0.757. The van der Waals surface area contributed by atoms with Gasteiger partial charge in [-0.25, -0.2) is 0 Å². The summed E-state index contributed by atoms with van der Waals surface area (Å²) < 4.78 is 5.58. The van der Waals surface area contributed by atoms with E-state index in [1.165, 1.54) is 0 Å². The van der Waals surface area contributed by atoms with Crippen molar-refractivity contribution in [3.8, 4) is 0 Å². The third-order valence-corrected chi connectivity index (χ3v) is 4.69. The second kappa shape index (κ2) is 7.87. The van der Waals surface area contributed by atoms with Crippen LogP contribution in [0, 0.1) is 0 Å². The van der Waals surface area contributed by atoms with Crippen LogP contribution in [0.3, 0.4) is 0 Å². The third-order valence-electron chi connectivity index (χ3n) is 1.33. The van der Waals surface area contributed by atoms with Gasteiger partial charge < -0.3 is 9.47 Å². The third kappa shape index (κ3) is 8.81. The second-order valence-corrected chi connectivity index (χ2v) is 8.97. The van der Waals surface area contributed by atoms with Crippen LogP contribution in [0.25, 0.3) is 0 Å². The number of alkyl halides is 6. The number of esters is 2. The Morgan fingerprint density at radius 1 is 0.842 bits per heavy atom. The number of rotatable bonds is 4. The zero-order valence-corrected chi connectivity index (χ0v) is 14.8. The van der Waals surface area contributed by atoms with E-state index in [1.807, 2.05) is 0 Å². The lowest BCUT2D eigenvalue weighted by Crippen LogP contribution is -2.35. The van der Waals surface area contributed by atoms with Gasteiger partial charge in [0.15, 0.2) is 10.9 Å². The van der Waals surface area contributed by atoms with Crippen molar-refractivity contribution in [2.45, 2.75) is 32.3 Å². The molecule has 0 N–H and O–H groups in total. The number of carbonyl (C=O) groups is 2. The highest BCUT2D eigenvalue weighted by atomic mass is 35.6. The van der Waals surface area contributed by atoms with E-state index in [4.69, 9.17) is 79.1 Å². The molecule has 0 heterocycles. The maximum Gasteiger partial charge on any atom is 0.303 e. The second-order valence-electron chi connectivity index (χ2n) is 3.10. The predicted octanol–water partition coefficient (Wildman–Crippen LogP) is 4.24. The first-order valence-electron chi connectivity index (χ1n) is 4.47. The van der Waals surface area contributed by atoms with Gasteiger partial charge in [0.1, 0.15) is 0 Å². The van der Waals surface area contributed by atoms with E-state index in [-0.39, 0.29) is 0 Å². The van der Waals surface area contributed by atoms with Gasteiger partial charge in [-0.2, -0.15) is 0 Å². The summed E-state index contributed by atoms with van der Waals surface area (Å²) in [6.45, 7) is 2.22. The van der Waals surface area contributed by atoms with Crippen LogP contribution in [-0.4, -0.2) is 30.4 Å². The molecule has 0 aromatic heterocycles. The quantitative estimate of drug-likeness (QED) is 0.392. The van der Waals surface area contributed by atoms with Crippen molar-refractivity contribution in [3.05, 3.63) is 0 Å². The SMILES string of the molecule is CC(=O)O[C@H](S[C@H](OC(C)=O)C(Cl)(Cl)Cl)C(Cl)(Cl)Cl. The number of halogens is 6. The van der Waals surface area contributed by atoms with Gasteiger partial charge in [0.05, 0.1) is 0 Å². The molecule has 0 aromatic rings. The molecule has 0 unspecified atom stereocenters. The summed E-state index contributed by atoms with van der Waals surface area (Å²) in [6.07, 6.45) is 0. The Labute approximate surface area is 144 Å². The summed E-state index contributed by atoms with van der Waals surface area (Å²) in [6, 6.07) is 0. The molecule has 0 aliphatic heterocycles. The van der Waals surface area contributed by atoms with Gasteiger partial charge >= 0.3 is 11.9 Å². The van der Waals surface area contributed by atoms with Gasteiger partial charge in [-0.15, -0.1) is 0 Å². The van der Waals surface area contributed by atoms with E-state index in [0.29, 0.717) is 11.8 Å². The van der Waals surface area contributed by atoms with Crippen molar-refractivity contribution in [1.29, 1.82) is 0 Å². The molecule has 0 bridgehead atoms. The topological polar surface area (TPSA) is 52.6 Å². The molecule has 11 heteroatoms. The van der Waals surface area contributed by atoms with Crippen LogP contribution in [0.15, 0.2) is 0 Å². The Bertz CT molecular complexity index is 307. The van der Waals surface area contributed by atoms with Crippen LogP contribution in [0.1, 0.15) is 13.8 Å². The first kappa shape index (κ1) is 20.0. The van der Waals surface area contributed by atoms with Crippen LogP contribution in [-0.2, 0) is 19.1 Å². The zero-order chi connectivity index (χ0) is 15.4. The van der Waals surface area contributed by atoms with E-state index in [0.717, 1.165) is 13.8 Å². The zero-order valence-electron chi connectivity index (χ0n) is 9.46. The minimum atomic E-state index is -2.00. The molecular weight excluding hydrogens is 405 g/mol. The van der Waals surface area contributed by atoms with Crippen molar-refractivity contribution < 1.29 is 19.1 Å². The monoisotopic (exact) mass is 410 g/mol. The van der Waals surface area contributed by atoms with Crippen LogP contribution in [0.5, 0.6) is 0 Å². The standard InChI is InChI=1S/C8H8Cl6O4S/c1-3(15)17-5(7(9,10)11)19-6(8(12,13)14)18-4(2)16/h5-6H,1-2H3/t5-,6+. The molecule has 4 nitrogen and oxygen atoms in total. The largest absolute Gasteiger partial charge is 0.447 e. The van der Waals surface area contributed by atoms with Gasteiger partial charge in [0.25, 0.3) is 0 Å². The van der Waals surface area contributed by atoms with E-state index >= 15 is 0 Å². The molecule has 0 fully saturated rings. The molecule has 0 saturated heterocycles. The average molecular weight is 413 g/mol. The summed E-state index contributed by atoms with van der Waals surface area (Å²) >= 11 is 34.4. The van der Waals surface area contributed by atoms with E-state index in [9.17, 15) is 9.59 Å². The molecule has 0 saturated carbocycles. The van der Waals surface area contributed by atoms with Crippen LogP contribution >= 0.6 is 81.4 Å². The smallest absolute Gasteiger partial charge is 0.303 e. The predicted molar refractivity (Wildman–Crippen MR) is 79.3 cm³/mol. The summed E-state index contributed by atoms with van der Waals surface area (Å²) in [5.74, 6) is -1.43. The highest BCUT2D eigenvalue weighted by molar-refractivity contribution is 8.00. The van der Waals surface area contributed by atoms with Gasteiger partial charge in [-0.3, -0.25) is 9.59 Å². The number of ether oxygens (including phenoxy) is 2. The Morgan fingerprint density at radius 3 is 1.26 bits per heavy atom. The fourth-order valence-corrected chi connectivity index (χ4v) is 2.87. The molecular formula is C8H8Cl6O4S. The molecule has 0 aliphatic carbocycles. The van der Waals surface area contributed by atoms with Crippen LogP contribution < -0.4 is 0 Å². The number of thioether (sulfide) groups is 1. The van der Waals surface area contributed by atoms with Gasteiger partial charge in [0, 0.05) is 13.8 Å². The summed E-state index contributed by atoms with van der Waals surface area (Å²) in [5.41, 5.74) is -2.65. The first-order chi connectivity index (χ1) is 8.34. The lowest BCUT2D eigenvalue weighted by Gasteiger charge is -2.30. The van der Waals surface area contributed by atoms with Gasteiger partial charge in [0.2, 0.25) is 7.59 Å². The van der Waals surface area contributed by atoms with Gasteiger partial charge in [-0.1, -0.05) is 81.4 Å². The van der Waals surface area contributed by atoms with Crippen molar-refractivity contribution in [1.82, 2.24) is 0 Å². The Balaban J connectivity index is 5.03. The molecule has 0 aromatic carbocycles. The summed E-state index contributed by atoms with van der Waals surface area (Å²) in [5, 5.41) is 0. The lowest BCUT2D eigenvalue weighted by molar-refractivity contribution is -0.142. The molecule has 0 amide bonds. The van der Waals surface area contributed by atoms with Crippen LogP contribution in [0.4, 0.5) is 0 Å². The Morgan fingerprint density at radius 2 is 1.11 bits per heavy atom. The van der Waals surface area contributed by atoms with E-state index < -0.39 is 30.4 Å². The normalized spacial score (nSPS) is 15.6. The van der Waals surface area contributed by atoms with Crippen molar-refractivity contribution in [2.75, 3.05) is 0 Å². The highest BCUT2D eigenvalue weighted by Gasteiger charge is 2.45. The van der Waals surface area contributed by atoms with E-state index in [1.54, 1.807) is 0 Å². The molecule has 19 heavy (non-hydrogen) atoms. The summed E-state index contributed by atoms with van der Waals surface area (Å²) in [7, 11) is 0. The maximum atomic E-state index is 10.9.